The number of aliphatic carboxylic acids is 1. The second-order valence-corrected chi connectivity index (χ2v) is 4.58. The molecular weight excluding hydrogens is 260 g/mol. The molecule has 80 valence electrons. The van der Waals surface area contributed by atoms with E-state index in [1.54, 1.807) is 0 Å². The SMILES string of the molecule is O=C(O)C(c1ccc(Br)cc1)C1COC1. The molecule has 4 heteroatoms. The van der Waals surface area contributed by atoms with E-state index in [1.165, 1.54) is 0 Å². The van der Waals surface area contributed by atoms with Gasteiger partial charge in [0.25, 0.3) is 0 Å². The lowest BCUT2D eigenvalue weighted by molar-refractivity contribution is -0.146. The van der Waals surface area contributed by atoms with Gasteiger partial charge in [-0.2, -0.15) is 0 Å². The maximum absolute atomic E-state index is 11.2. The van der Waals surface area contributed by atoms with Gasteiger partial charge in [0.15, 0.2) is 0 Å². The zero-order valence-corrected chi connectivity index (χ0v) is 9.61. The van der Waals surface area contributed by atoms with Crippen LogP contribution in [0.1, 0.15) is 11.5 Å². The monoisotopic (exact) mass is 270 g/mol. The molecule has 1 N–H and O–H groups in total. The van der Waals surface area contributed by atoms with Gasteiger partial charge >= 0.3 is 5.97 Å². The Balaban J connectivity index is 2.23. The van der Waals surface area contributed by atoms with Gasteiger partial charge in [0.2, 0.25) is 0 Å². The molecule has 1 unspecified atom stereocenters. The number of carbonyl (C=O) groups is 1. The largest absolute Gasteiger partial charge is 0.481 e. The summed E-state index contributed by atoms with van der Waals surface area (Å²) in [5.41, 5.74) is 0.846. The molecule has 0 aromatic heterocycles. The highest BCUT2D eigenvalue weighted by molar-refractivity contribution is 9.10. The summed E-state index contributed by atoms with van der Waals surface area (Å²) in [4.78, 5) is 11.2. The zero-order valence-electron chi connectivity index (χ0n) is 8.02. The molecule has 1 aliphatic rings. The lowest BCUT2D eigenvalue weighted by Crippen LogP contribution is -2.36. The molecule has 0 radical (unpaired) electrons. The first kappa shape index (κ1) is 10.6. The summed E-state index contributed by atoms with van der Waals surface area (Å²) in [6.07, 6.45) is 0. The van der Waals surface area contributed by atoms with Crippen molar-refractivity contribution in [2.75, 3.05) is 13.2 Å². The zero-order chi connectivity index (χ0) is 10.8. The van der Waals surface area contributed by atoms with Gasteiger partial charge in [-0.25, -0.2) is 0 Å². The van der Waals surface area contributed by atoms with Crippen molar-refractivity contribution in [1.29, 1.82) is 0 Å². The number of ether oxygens (including phenoxy) is 1. The number of carboxylic acids is 1. The van der Waals surface area contributed by atoms with Crippen molar-refractivity contribution in [3.8, 4) is 0 Å². The average Bonchev–Trinajstić information content (AvgIpc) is 2.12. The Kier molecular flexibility index (Phi) is 3.07. The number of rotatable bonds is 3. The van der Waals surface area contributed by atoms with Crippen molar-refractivity contribution in [2.45, 2.75) is 5.92 Å². The maximum Gasteiger partial charge on any atom is 0.311 e. The lowest BCUT2D eigenvalue weighted by Gasteiger charge is -2.31. The molecule has 1 saturated heterocycles. The Hall–Kier alpha value is -0.870. The van der Waals surface area contributed by atoms with Gasteiger partial charge in [0.1, 0.15) is 0 Å². The molecule has 0 bridgehead atoms. The Labute approximate surface area is 96.2 Å². The predicted molar refractivity (Wildman–Crippen MR) is 58.8 cm³/mol. The molecule has 1 heterocycles. The van der Waals surface area contributed by atoms with Gasteiger partial charge in [-0.15, -0.1) is 0 Å². The van der Waals surface area contributed by atoms with Crippen LogP contribution in [0.2, 0.25) is 0 Å². The molecule has 1 aliphatic heterocycles. The molecule has 1 atom stereocenters. The first-order chi connectivity index (χ1) is 7.18. The third-order valence-corrected chi connectivity index (χ3v) is 3.16. The van der Waals surface area contributed by atoms with Crippen molar-refractivity contribution < 1.29 is 14.6 Å². The van der Waals surface area contributed by atoms with Gasteiger partial charge in [-0.05, 0) is 17.7 Å². The van der Waals surface area contributed by atoms with E-state index >= 15 is 0 Å². The first-order valence-electron chi connectivity index (χ1n) is 4.74. The van der Waals surface area contributed by atoms with E-state index < -0.39 is 11.9 Å². The van der Waals surface area contributed by atoms with Crippen LogP contribution in [0.25, 0.3) is 0 Å². The summed E-state index contributed by atoms with van der Waals surface area (Å²) in [5.74, 6) is -1.10. The van der Waals surface area contributed by atoms with Crippen LogP contribution in [0.5, 0.6) is 0 Å². The quantitative estimate of drug-likeness (QED) is 0.917. The smallest absolute Gasteiger partial charge is 0.311 e. The van der Waals surface area contributed by atoms with Crippen molar-refractivity contribution in [2.24, 2.45) is 5.92 Å². The molecule has 1 aromatic rings. The summed E-state index contributed by atoms with van der Waals surface area (Å²) in [6.45, 7) is 1.10. The fourth-order valence-electron chi connectivity index (χ4n) is 1.73. The van der Waals surface area contributed by atoms with Crippen LogP contribution in [0.15, 0.2) is 28.7 Å². The van der Waals surface area contributed by atoms with Gasteiger partial charge in [-0.1, -0.05) is 28.1 Å². The Morgan fingerprint density at radius 2 is 2.00 bits per heavy atom. The minimum atomic E-state index is -0.773. The van der Waals surface area contributed by atoms with Crippen LogP contribution in [0.3, 0.4) is 0 Å². The van der Waals surface area contributed by atoms with Gasteiger partial charge in [0.05, 0.1) is 19.1 Å². The standard InChI is InChI=1S/C11H11BrO3/c12-9-3-1-7(2-4-9)10(11(13)14)8-5-15-6-8/h1-4,8,10H,5-6H2,(H,13,14). The van der Waals surface area contributed by atoms with Crippen LogP contribution in [-0.4, -0.2) is 24.3 Å². The minimum absolute atomic E-state index is 0.115. The van der Waals surface area contributed by atoms with Gasteiger partial charge in [-0.3, -0.25) is 4.79 Å². The summed E-state index contributed by atoms with van der Waals surface area (Å²) < 4.78 is 6.00. The first-order valence-corrected chi connectivity index (χ1v) is 5.54. The van der Waals surface area contributed by atoms with Gasteiger partial charge < -0.3 is 9.84 Å². The third-order valence-electron chi connectivity index (χ3n) is 2.63. The lowest BCUT2D eigenvalue weighted by atomic mass is 9.85. The summed E-state index contributed by atoms with van der Waals surface area (Å²) in [6, 6.07) is 7.43. The summed E-state index contributed by atoms with van der Waals surface area (Å²) >= 11 is 3.33. The van der Waals surface area contributed by atoms with Crippen molar-refractivity contribution in [1.82, 2.24) is 0 Å². The fourth-order valence-corrected chi connectivity index (χ4v) is 2.00. The number of benzene rings is 1. The highest BCUT2D eigenvalue weighted by Crippen LogP contribution is 2.31. The molecule has 0 amide bonds. The van der Waals surface area contributed by atoms with Crippen LogP contribution < -0.4 is 0 Å². The normalized spacial score (nSPS) is 18.2. The number of hydrogen-bond acceptors (Lipinski definition) is 2. The Morgan fingerprint density at radius 1 is 1.40 bits per heavy atom. The van der Waals surface area contributed by atoms with Crippen molar-refractivity contribution >= 4 is 21.9 Å². The van der Waals surface area contributed by atoms with Crippen LogP contribution in [0.4, 0.5) is 0 Å². The molecule has 1 aromatic carbocycles. The van der Waals surface area contributed by atoms with E-state index in [0.29, 0.717) is 13.2 Å². The number of hydrogen-bond donors (Lipinski definition) is 1. The summed E-state index contributed by atoms with van der Waals surface area (Å²) in [7, 11) is 0. The molecule has 0 spiro atoms. The van der Waals surface area contributed by atoms with Crippen LogP contribution in [0, 0.1) is 5.92 Å². The van der Waals surface area contributed by atoms with E-state index in [9.17, 15) is 4.79 Å². The van der Waals surface area contributed by atoms with Crippen molar-refractivity contribution in [3.05, 3.63) is 34.3 Å². The highest BCUT2D eigenvalue weighted by Gasteiger charge is 2.34. The van der Waals surface area contributed by atoms with E-state index in [0.717, 1.165) is 10.0 Å². The molecule has 0 saturated carbocycles. The Bertz CT molecular complexity index is 357. The third kappa shape index (κ3) is 2.21. The van der Waals surface area contributed by atoms with E-state index in [1.807, 2.05) is 24.3 Å². The molecule has 2 rings (SSSR count). The fraction of sp³-hybridized carbons (Fsp3) is 0.364. The second kappa shape index (κ2) is 4.33. The minimum Gasteiger partial charge on any atom is -0.481 e. The van der Waals surface area contributed by atoms with Crippen LogP contribution >= 0.6 is 15.9 Å². The van der Waals surface area contributed by atoms with Crippen LogP contribution in [-0.2, 0) is 9.53 Å². The predicted octanol–water partition coefficient (Wildman–Crippen LogP) is 2.26. The van der Waals surface area contributed by atoms with Crippen molar-refractivity contribution in [3.63, 3.8) is 0 Å². The Morgan fingerprint density at radius 3 is 2.40 bits per heavy atom. The maximum atomic E-state index is 11.2. The number of halogens is 1. The van der Waals surface area contributed by atoms with E-state index in [-0.39, 0.29) is 5.92 Å². The summed E-state index contributed by atoms with van der Waals surface area (Å²) in [5, 5.41) is 9.16. The van der Waals surface area contributed by atoms with E-state index in [4.69, 9.17) is 9.84 Å². The average molecular weight is 271 g/mol. The molecule has 15 heavy (non-hydrogen) atoms. The molecule has 1 fully saturated rings. The molecule has 3 nitrogen and oxygen atoms in total. The highest BCUT2D eigenvalue weighted by atomic mass is 79.9. The molecule has 0 aliphatic carbocycles. The number of carboxylic acid groups (broad SMARTS) is 1. The van der Waals surface area contributed by atoms with E-state index in [2.05, 4.69) is 15.9 Å². The second-order valence-electron chi connectivity index (χ2n) is 3.66. The topological polar surface area (TPSA) is 46.5 Å². The van der Waals surface area contributed by atoms with Gasteiger partial charge in [0, 0.05) is 10.4 Å². The molecular formula is C11H11BrO3.